The molecule has 0 saturated carbocycles. The molecule has 106 valence electrons. The van der Waals surface area contributed by atoms with Gasteiger partial charge in [-0.25, -0.2) is 9.36 Å². The summed E-state index contributed by atoms with van der Waals surface area (Å²) in [7, 11) is 0. The van der Waals surface area contributed by atoms with Gasteiger partial charge in [0.2, 0.25) is 5.91 Å². The Morgan fingerprint density at radius 1 is 1.15 bits per heavy atom. The highest BCUT2D eigenvalue weighted by Gasteiger charge is 2.17. The van der Waals surface area contributed by atoms with E-state index in [1.165, 1.54) is 9.13 Å². The summed E-state index contributed by atoms with van der Waals surface area (Å²) < 4.78 is 2.77. The second-order valence-electron chi connectivity index (χ2n) is 5.03. The van der Waals surface area contributed by atoms with Gasteiger partial charge in [-0.05, 0) is 25.5 Å². The molecule has 0 fully saturated rings. The third kappa shape index (κ3) is 2.46. The van der Waals surface area contributed by atoms with Crippen molar-refractivity contribution in [3.63, 3.8) is 0 Å². The number of nitrogens with zero attached hydrogens (tertiary/aromatic N) is 2. The largest absolute Gasteiger partial charge is 0.340 e. The highest BCUT2D eigenvalue weighted by Crippen LogP contribution is 2.16. The molecule has 0 atom stereocenters. The molecule has 0 radical (unpaired) electrons. The fraction of sp³-hybridized carbons (Fsp3) is 0.375. The van der Waals surface area contributed by atoms with E-state index in [0.717, 1.165) is 24.8 Å². The average molecular weight is 272 g/mol. The molecule has 1 heterocycles. The van der Waals surface area contributed by atoms with Gasteiger partial charge in [-0.15, -0.1) is 0 Å². The summed E-state index contributed by atoms with van der Waals surface area (Å²) in [6, 6.07) is 7.32. The Morgan fingerprint density at radius 2 is 1.75 bits per heavy atom. The minimum atomic E-state index is -0.319. The maximum absolute atomic E-state index is 12.4. The number of carbonyl (C=O) groups excluding carboxylic acids is 1. The second kappa shape index (κ2) is 5.90. The number of benzene rings is 1. The molecule has 2 aromatic rings. The van der Waals surface area contributed by atoms with Crippen molar-refractivity contribution in [3.05, 3.63) is 41.3 Å². The van der Waals surface area contributed by atoms with Crippen molar-refractivity contribution in [1.29, 1.82) is 0 Å². The summed E-state index contributed by atoms with van der Waals surface area (Å²) in [6.45, 7) is 7.67. The molecule has 4 heteroatoms. The molecule has 0 bridgehead atoms. The number of rotatable bonds is 5. The zero-order valence-electron chi connectivity index (χ0n) is 12.1. The lowest BCUT2D eigenvalue weighted by molar-refractivity contribution is 0.0900. The number of fused-ring (bicyclic) bond motifs is 1. The number of imidazole rings is 1. The monoisotopic (exact) mass is 272 g/mol. The highest BCUT2D eigenvalue weighted by molar-refractivity contribution is 5.91. The van der Waals surface area contributed by atoms with Gasteiger partial charge in [-0.3, -0.25) is 9.36 Å². The van der Waals surface area contributed by atoms with Crippen molar-refractivity contribution in [1.82, 2.24) is 9.13 Å². The van der Waals surface area contributed by atoms with E-state index in [1.54, 1.807) is 13.0 Å². The van der Waals surface area contributed by atoms with Crippen LogP contribution < -0.4 is 5.69 Å². The predicted molar refractivity (Wildman–Crippen MR) is 82.0 cm³/mol. The Morgan fingerprint density at radius 3 is 2.30 bits per heavy atom. The van der Waals surface area contributed by atoms with Gasteiger partial charge in [0.1, 0.15) is 0 Å². The Labute approximate surface area is 118 Å². The van der Waals surface area contributed by atoms with Crippen molar-refractivity contribution in [2.24, 2.45) is 0 Å². The molecule has 20 heavy (non-hydrogen) atoms. The number of carbonyl (C=O) groups is 1. The molecule has 0 aliphatic rings. The smallest absolute Gasteiger partial charge is 0.274 e. The van der Waals surface area contributed by atoms with Crippen LogP contribution >= 0.6 is 0 Å². The van der Waals surface area contributed by atoms with Crippen LogP contribution in [-0.2, 0) is 0 Å². The normalized spacial score (nSPS) is 10.9. The van der Waals surface area contributed by atoms with Gasteiger partial charge in [0.05, 0.1) is 11.0 Å². The van der Waals surface area contributed by atoms with E-state index >= 15 is 0 Å². The lowest BCUT2D eigenvalue weighted by Gasteiger charge is -2.01. The molecule has 0 spiro atoms. The molecule has 0 amide bonds. The maximum atomic E-state index is 12.4. The fourth-order valence-corrected chi connectivity index (χ4v) is 2.40. The number of hydrogen-bond acceptors (Lipinski definition) is 2. The van der Waals surface area contributed by atoms with E-state index in [4.69, 9.17) is 0 Å². The molecule has 0 aliphatic carbocycles. The topological polar surface area (TPSA) is 44.0 Å². The van der Waals surface area contributed by atoms with E-state index in [0.29, 0.717) is 17.6 Å². The molecular formula is C16H20N2O2. The van der Waals surface area contributed by atoms with Crippen LogP contribution in [0.25, 0.3) is 16.7 Å². The number of para-hydroxylation sites is 2. The first-order chi connectivity index (χ1) is 9.57. The van der Waals surface area contributed by atoms with Gasteiger partial charge >= 0.3 is 5.69 Å². The van der Waals surface area contributed by atoms with Crippen LogP contribution in [0.3, 0.4) is 0 Å². The summed E-state index contributed by atoms with van der Waals surface area (Å²) in [5.41, 5.74) is 1.68. The van der Waals surface area contributed by atoms with Crippen molar-refractivity contribution in [2.75, 3.05) is 0 Å². The molecule has 1 aromatic heterocycles. The first-order valence-corrected chi connectivity index (χ1v) is 6.99. The molecule has 1 aromatic carbocycles. The average Bonchev–Trinajstić information content (AvgIpc) is 2.70. The molecule has 0 saturated heterocycles. The van der Waals surface area contributed by atoms with Crippen LogP contribution in [0.4, 0.5) is 0 Å². The Kier molecular flexibility index (Phi) is 4.23. The fourth-order valence-electron chi connectivity index (χ4n) is 2.40. The zero-order chi connectivity index (χ0) is 14.7. The quantitative estimate of drug-likeness (QED) is 0.782. The third-order valence-corrected chi connectivity index (χ3v) is 3.37. The SMILES string of the molecule is C=C(C)n1c(=O)n(C(=O)CCCCC)c2ccccc21. The Bertz CT molecular complexity index is 707. The van der Waals surface area contributed by atoms with Gasteiger partial charge in [0.15, 0.2) is 0 Å². The standard InChI is InChI=1S/C16H20N2O2/c1-4-5-6-11-15(19)18-14-10-8-7-9-13(14)17(12(2)3)16(18)20/h7-10H,2,4-6,11H2,1,3H3. The van der Waals surface area contributed by atoms with Gasteiger partial charge in [0.25, 0.3) is 0 Å². The molecular weight excluding hydrogens is 252 g/mol. The first-order valence-electron chi connectivity index (χ1n) is 6.99. The summed E-state index contributed by atoms with van der Waals surface area (Å²) in [6.07, 6.45) is 3.27. The maximum Gasteiger partial charge on any atom is 0.340 e. The zero-order valence-corrected chi connectivity index (χ0v) is 12.1. The molecule has 4 nitrogen and oxygen atoms in total. The number of allylic oxidation sites excluding steroid dienone is 1. The van der Waals surface area contributed by atoms with Gasteiger partial charge in [-0.2, -0.15) is 0 Å². The van der Waals surface area contributed by atoms with E-state index in [1.807, 2.05) is 18.2 Å². The summed E-state index contributed by atoms with van der Waals surface area (Å²) in [5, 5.41) is 0. The van der Waals surface area contributed by atoms with Crippen molar-refractivity contribution >= 4 is 22.6 Å². The minimum absolute atomic E-state index is 0.139. The molecule has 0 N–H and O–H groups in total. The van der Waals surface area contributed by atoms with Crippen LogP contribution in [-0.4, -0.2) is 15.0 Å². The predicted octanol–water partition coefficient (Wildman–Crippen LogP) is 3.51. The Hall–Kier alpha value is -2.10. The van der Waals surface area contributed by atoms with E-state index in [9.17, 15) is 9.59 Å². The summed E-state index contributed by atoms with van der Waals surface area (Å²) >= 11 is 0. The van der Waals surface area contributed by atoms with E-state index in [2.05, 4.69) is 13.5 Å². The molecule has 2 rings (SSSR count). The summed E-state index contributed by atoms with van der Waals surface area (Å²) in [4.78, 5) is 24.8. The van der Waals surface area contributed by atoms with Crippen LogP contribution in [0.1, 0.15) is 44.3 Å². The Balaban J connectivity index is 2.53. The third-order valence-electron chi connectivity index (χ3n) is 3.37. The second-order valence-corrected chi connectivity index (χ2v) is 5.03. The van der Waals surface area contributed by atoms with Crippen LogP contribution in [0.5, 0.6) is 0 Å². The lowest BCUT2D eigenvalue weighted by Crippen LogP contribution is -2.28. The molecule has 0 aliphatic heterocycles. The van der Waals surface area contributed by atoms with E-state index < -0.39 is 0 Å². The van der Waals surface area contributed by atoms with E-state index in [-0.39, 0.29) is 11.6 Å². The highest BCUT2D eigenvalue weighted by atomic mass is 16.2. The van der Waals surface area contributed by atoms with Gasteiger partial charge in [-0.1, -0.05) is 38.5 Å². The van der Waals surface area contributed by atoms with Crippen molar-refractivity contribution < 1.29 is 4.79 Å². The minimum Gasteiger partial charge on any atom is -0.274 e. The van der Waals surface area contributed by atoms with Gasteiger partial charge in [0, 0.05) is 12.1 Å². The number of hydrogen-bond donors (Lipinski definition) is 0. The first kappa shape index (κ1) is 14.3. The summed E-state index contributed by atoms with van der Waals surface area (Å²) in [5.74, 6) is -0.139. The molecule has 0 unspecified atom stereocenters. The van der Waals surface area contributed by atoms with Crippen LogP contribution in [0.2, 0.25) is 0 Å². The number of aromatic nitrogens is 2. The lowest BCUT2D eigenvalue weighted by atomic mass is 10.2. The van der Waals surface area contributed by atoms with Crippen molar-refractivity contribution in [3.8, 4) is 0 Å². The number of unbranched alkanes of at least 4 members (excludes halogenated alkanes) is 2. The van der Waals surface area contributed by atoms with Crippen molar-refractivity contribution in [2.45, 2.75) is 39.5 Å². The van der Waals surface area contributed by atoms with Gasteiger partial charge < -0.3 is 0 Å². The van der Waals surface area contributed by atoms with Crippen LogP contribution in [0, 0.1) is 0 Å². The van der Waals surface area contributed by atoms with Crippen LogP contribution in [0.15, 0.2) is 35.6 Å².